The zero-order chi connectivity index (χ0) is 26.6. The number of carbonyl (C=O) groups excluding carboxylic acids is 1. The number of aliphatic imine (C=N–C) groups is 1. The minimum absolute atomic E-state index is 0.139. The highest BCUT2D eigenvalue weighted by molar-refractivity contribution is 8.19. The second-order valence-corrected chi connectivity index (χ2v) is 10.4. The second-order valence-electron chi connectivity index (χ2n) is 8.58. The van der Waals surface area contributed by atoms with Gasteiger partial charge in [0.1, 0.15) is 10.7 Å². The number of carbonyl (C=O) groups is 1. The third kappa shape index (κ3) is 5.01. The zero-order valence-electron chi connectivity index (χ0n) is 20.9. The molecule has 0 spiro atoms. The van der Waals surface area contributed by atoms with Crippen molar-refractivity contribution in [1.29, 1.82) is 5.26 Å². The summed E-state index contributed by atoms with van der Waals surface area (Å²) < 4.78 is 0. The van der Waals surface area contributed by atoms with Crippen molar-refractivity contribution in [3.8, 4) is 11.8 Å². The largest absolute Gasteiger partial charge is 0.507 e. The molecule has 0 atom stereocenters. The number of amidine groups is 1. The van der Waals surface area contributed by atoms with Crippen LogP contribution in [-0.4, -0.2) is 39.6 Å². The molecule has 1 fully saturated rings. The van der Waals surface area contributed by atoms with Crippen LogP contribution in [0.1, 0.15) is 23.6 Å². The molecule has 2 heterocycles. The van der Waals surface area contributed by atoms with Crippen LogP contribution >= 0.6 is 23.5 Å². The highest BCUT2D eigenvalue weighted by atomic mass is 32.2. The van der Waals surface area contributed by atoms with E-state index in [0.29, 0.717) is 40.0 Å². The number of amides is 1. The molecular formula is C29H25N5O2S2. The van der Waals surface area contributed by atoms with Gasteiger partial charge in [0.05, 0.1) is 40.3 Å². The third-order valence-electron chi connectivity index (χ3n) is 6.08. The van der Waals surface area contributed by atoms with Gasteiger partial charge in [-0.15, -0.1) is 0 Å². The van der Waals surface area contributed by atoms with Gasteiger partial charge in [-0.2, -0.15) is 5.26 Å². The first kappa shape index (κ1) is 25.5. The Morgan fingerprint density at radius 2 is 1.84 bits per heavy atom. The van der Waals surface area contributed by atoms with Crippen LogP contribution in [0, 0.1) is 11.3 Å². The van der Waals surface area contributed by atoms with Gasteiger partial charge < -0.3 is 15.3 Å². The van der Waals surface area contributed by atoms with Gasteiger partial charge in [-0.1, -0.05) is 54.2 Å². The SMILES string of the molecule is CCNc1ccc(C#N)cc1N=C1S/C(=C2\SC=C(c3ccccc3O)N2C)C(=O)N1Cc1ccccc1. The Hall–Kier alpha value is -4.13. The molecule has 7 nitrogen and oxygen atoms in total. The third-order valence-corrected chi connectivity index (χ3v) is 8.32. The van der Waals surface area contributed by atoms with Crippen LogP contribution in [0.3, 0.4) is 0 Å². The summed E-state index contributed by atoms with van der Waals surface area (Å²) >= 11 is 2.77. The lowest BCUT2D eigenvalue weighted by molar-refractivity contribution is -0.122. The summed E-state index contributed by atoms with van der Waals surface area (Å²) in [6, 6.07) is 24.5. The molecule has 2 aliphatic rings. The molecule has 0 unspecified atom stereocenters. The molecule has 0 radical (unpaired) electrons. The Morgan fingerprint density at radius 1 is 1.08 bits per heavy atom. The minimum atomic E-state index is -0.139. The van der Waals surface area contributed by atoms with Gasteiger partial charge in [-0.3, -0.25) is 9.69 Å². The predicted octanol–water partition coefficient (Wildman–Crippen LogP) is 6.31. The van der Waals surface area contributed by atoms with Gasteiger partial charge in [0.2, 0.25) is 0 Å². The monoisotopic (exact) mass is 539 g/mol. The van der Waals surface area contributed by atoms with Gasteiger partial charge in [0.15, 0.2) is 5.17 Å². The van der Waals surface area contributed by atoms with Gasteiger partial charge in [-0.05, 0) is 54.6 Å². The second kappa shape index (κ2) is 11.1. The van der Waals surface area contributed by atoms with E-state index in [1.165, 1.54) is 23.5 Å². The number of aromatic hydroxyl groups is 1. The molecule has 9 heteroatoms. The standard InChI is InChI=1S/C29H25N5O2S2/c1-3-31-22-14-13-20(16-30)15-23(22)32-29-34(17-19-9-5-4-6-10-19)27(36)26(38-29)28-33(2)24(18-37-28)21-11-7-8-12-25(21)35/h4-15,18,31,35H,3,17H2,1-2H3/b28-26-,32-29?. The number of phenols is 1. The average Bonchev–Trinajstić information content (AvgIpc) is 3.45. The summed E-state index contributed by atoms with van der Waals surface area (Å²) in [5, 5.41) is 26.4. The first-order valence-corrected chi connectivity index (χ1v) is 13.7. The number of phenolic OH excluding ortho intramolecular Hbond substituents is 1. The van der Waals surface area contributed by atoms with Gasteiger partial charge in [0, 0.05) is 24.6 Å². The summed E-state index contributed by atoms with van der Waals surface area (Å²) in [5.41, 5.74) is 4.40. The number of hydrogen-bond donors (Lipinski definition) is 2. The van der Waals surface area contributed by atoms with E-state index in [2.05, 4.69) is 11.4 Å². The number of benzene rings is 3. The van der Waals surface area contributed by atoms with Crippen molar-refractivity contribution < 1.29 is 9.90 Å². The number of rotatable bonds is 6. The van der Waals surface area contributed by atoms with Crippen LogP contribution in [0.15, 0.2) is 93.1 Å². The molecular weight excluding hydrogens is 514 g/mol. The molecule has 3 aromatic rings. The molecule has 1 amide bonds. The number of nitrogens with one attached hydrogen (secondary N) is 1. The van der Waals surface area contributed by atoms with Crippen molar-refractivity contribution in [3.63, 3.8) is 0 Å². The van der Waals surface area contributed by atoms with Gasteiger partial charge in [-0.25, -0.2) is 4.99 Å². The van der Waals surface area contributed by atoms with Crippen LogP contribution in [0.2, 0.25) is 0 Å². The van der Waals surface area contributed by atoms with E-state index >= 15 is 0 Å². The van der Waals surface area contributed by atoms with Crippen LogP contribution in [0.5, 0.6) is 5.75 Å². The fourth-order valence-electron chi connectivity index (χ4n) is 4.18. The maximum Gasteiger partial charge on any atom is 0.269 e. The van der Waals surface area contributed by atoms with E-state index in [9.17, 15) is 15.2 Å². The summed E-state index contributed by atoms with van der Waals surface area (Å²) in [6.45, 7) is 3.06. The quantitative estimate of drug-likeness (QED) is 0.355. The lowest BCUT2D eigenvalue weighted by Crippen LogP contribution is -2.29. The van der Waals surface area contributed by atoms with E-state index in [1.54, 1.807) is 29.2 Å². The Bertz CT molecular complexity index is 1530. The van der Waals surface area contributed by atoms with Crippen molar-refractivity contribution in [3.05, 3.63) is 105 Å². The van der Waals surface area contributed by atoms with E-state index in [0.717, 1.165) is 22.0 Å². The number of para-hydroxylation sites is 1. The van der Waals surface area contributed by atoms with Crippen molar-refractivity contribution in [2.75, 3.05) is 18.9 Å². The number of nitrogens with zero attached hydrogens (tertiary/aromatic N) is 4. The van der Waals surface area contributed by atoms with E-state index < -0.39 is 0 Å². The Labute approximate surface area is 230 Å². The van der Waals surface area contributed by atoms with Crippen LogP contribution in [0.4, 0.5) is 11.4 Å². The molecule has 3 aromatic carbocycles. The molecule has 0 aromatic heterocycles. The van der Waals surface area contributed by atoms with Crippen molar-refractivity contribution >= 4 is 51.7 Å². The van der Waals surface area contributed by atoms with Crippen LogP contribution in [-0.2, 0) is 11.3 Å². The minimum Gasteiger partial charge on any atom is -0.507 e. The first-order valence-electron chi connectivity index (χ1n) is 12.0. The number of anilines is 1. The number of thioether (sulfide) groups is 2. The molecule has 0 aliphatic carbocycles. The fourth-order valence-corrected chi connectivity index (χ4v) is 6.41. The molecule has 0 bridgehead atoms. The van der Waals surface area contributed by atoms with Crippen LogP contribution in [0.25, 0.3) is 5.70 Å². The molecule has 38 heavy (non-hydrogen) atoms. The number of hydrogen-bond acceptors (Lipinski definition) is 8. The fraction of sp³-hybridized carbons (Fsp3) is 0.138. The molecule has 5 rings (SSSR count). The van der Waals surface area contributed by atoms with Crippen molar-refractivity contribution in [1.82, 2.24) is 9.80 Å². The predicted molar refractivity (Wildman–Crippen MR) is 155 cm³/mol. The lowest BCUT2D eigenvalue weighted by atomic mass is 10.1. The van der Waals surface area contributed by atoms with E-state index in [-0.39, 0.29) is 11.7 Å². The smallest absolute Gasteiger partial charge is 0.269 e. The highest BCUT2D eigenvalue weighted by Gasteiger charge is 2.38. The molecule has 0 saturated carbocycles. The molecule has 1 saturated heterocycles. The average molecular weight is 540 g/mol. The Morgan fingerprint density at radius 3 is 2.58 bits per heavy atom. The van der Waals surface area contributed by atoms with E-state index in [4.69, 9.17) is 4.99 Å². The topological polar surface area (TPSA) is 92.0 Å². The van der Waals surface area contributed by atoms with Crippen LogP contribution < -0.4 is 5.32 Å². The normalized spacial score (nSPS) is 18.2. The van der Waals surface area contributed by atoms with Crippen molar-refractivity contribution in [2.45, 2.75) is 13.5 Å². The maximum atomic E-state index is 13.9. The molecule has 2 aliphatic heterocycles. The molecule has 2 N–H and O–H groups in total. The summed E-state index contributed by atoms with van der Waals surface area (Å²) in [6.07, 6.45) is 0. The maximum absolute atomic E-state index is 13.9. The first-order chi connectivity index (χ1) is 18.5. The molecule has 190 valence electrons. The van der Waals surface area contributed by atoms with Gasteiger partial charge >= 0.3 is 0 Å². The Balaban J connectivity index is 1.56. The summed E-state index contributed by atoms with van der Waals surface area (Å²) in [5.74, 6) is 0.0458. The van der Waals surface area contributed by atoms with Gasteiger partial charge in [0.25, 0.3) is 5.91 Å². The zero-order valence-corrected chi connectivity index (χ0v) is 22.5. The van der Waals surface area contributed by atoms with Crippen molar-refractivity contribution in [2.24, 2.45) is 4.99 Å². The number of nitriles is 1. The summed E-state index contributed by atoms with van der Waals surface area (Å²) in [4.78, 5) is 23.0. The highest BCUT2D eigenvalue weighted by Crippen LogP contribution is 2.47. The lowest BCUT2D eigenvalue weighted by Gasteiger charge is -2.20. The summed E-state index contributed by atoms with van der Waals surface area (Å²) in [7, 11) is 1.89. The Kier molecular flexibility index (Phi) is 7.45. The van der Waals surface area contributed by atoms with E-state index in [1.807, 2.05) is 72.8 Å².